The van der Waals surface area contributed by atoms with E-state index in [-0.39, 0.29) is 16.9 Å². The molecule has 1 fully saturated rings. The Hall–Kier alpha value is -3.41. The smallest absolute Gasteiger partial charge is 0.232 e. The highest BCUT2D eigenvalue weighted by Gasteiger charge is 2.28. The third kappa shape index (κ3) is 6.43. The van der Waals surface area contributed by atoms with Crippen molar-refractivity contribution in [2.75, 3.05) is 55.6 Å². The van der Waals surface area contributed by atoms with Gasteiger partial charge >= 0.3 is 0 Å². The number of likely N-dealkylation sites (N-methyl/N-ethyl adjacent to an activating group) is 1. The van der Waals surface area contributed by atoms with Crippen molar-refractivity contribution in [3.63, 3.8) is 0 Å². The van der Waals surface area contributed by atoms with E-state index in [4.69, 9.17) is 22.1 Å². The van der Waals surface area contributed by atoms with Crippen molar-refractivity contribution in [1.82, 2.24) is 19.9 Å². The van der Waals surface area contributed by atoms with Gasteiger partial charge in [0.25, 0.3) is 0 Å². The summed E-state index contributed by atoms with van der Waals surface area (Å²) in [6.45, 7) is 5.28. The summed E-state index contributed by atoms with van der Waals surface area (Å²) < 4.78 is 19.9. The number of aliphatic hydroxyl groups is 1. The van der Waals surface area contributed by atoms with Crippen LogP contribution >= 0.6 is 11.6 Å². The molecule has 1 unspecified atom stereocenters. The summed E-state index contributed by atoms with van der Waals surface area (Å²) in [6, 6.07) is 6.74. The summed E-state index contributed by atoms with van der Waals surface area (Å²) in [5.74, 6) is 0.382. The highest BCUT2D eigenvalue weighted by atomic mass is 35.5. The van der Waals surface area contributed by atoms with Crippen LogP contribution < -0.4 is 26.0 Å². The van der Waals surface area contributed by atoms with Gasteiger partial charge in [-0.3, -0.25) is 0 Å². The van der Waals surface area contributed by atoms with Gasteiger partial charge < -0.3 is 36.0 Å². The number of hydrogen-bond acceptors (Lipinski definition) is 10. The molecule has 4 rings (SSSR count). The number of nitrogens with zero attached hydrogens (tertiary/aromatic N) is 5. The summed E-state index contributed by atoms with van der Waals surface area (Å²) in [5, 5.41) is 16.9. The monoisotopic (exact) mass is 558 g/mol. The zero-order valence-corrected chi connectivity index (χ0v) is 23.7. The van der Waals surface area contributed by atoms with Crippen LogP contribution in [0.2, 0.25) is 5.02 Å². The maximum atomic E-state index is 14.2. The SMILES string of the molecule is CCC(C)(O)c1cc(F)c(Cl)cc1Nc1ncnc(Nc2cc(N)c(N3CCC[C@H]3CN(C)C)cc2OC)n1. The maximum Gasteiger partial charge on any atom is 0.232 e. The Morgan fingerprint density at radius 2 is 1.90 bits per heavy atom. The molecule has 0 spiro atoms. The van der Waals surface area contributed by atoms with E-state index in [0.29, 0.717) is 40.8 Å². The van der Waals surface area contributed by atoms with Crippen molar-refractivity contribution in [2.24, 2.45) is 0 Å². The average Bonchev–Trinajstić information content (AvgIpc) is 3.33. The molecule has 2 aromatic carbocycles. The van der Waals surface area contributed by atoms with Crippen molar-refractivity contribution in [3.05, 3.63) is 47.0 Å². The Kier molecular flexibility index (Phi) is 8.63. The third-order valence-electron chi connectivity index (χ3n) is 7.01. The molecule has 0 aliphatic carbocycles. The number of nitrogens with two attached hydrogens (primary N) is 1. The highest BCUT2D eigenvalue weighted by molar-refractivity contribution is 6.31. The Labute approximate surface area is 233 Å². The second-order valence-electron chi connectivity index (χ2n) is 10.2. The lowest BCUT2D eigenvalue weighted by Gasteiger charge is -2.30. The lowest BCUT2D eigenvalue weighted by atomic mass is 9.91. The molecule has 1 aliphatic heterocycles. The largest absolute Gasteiger partial charge is 0.494 e. The first-order valence-corrected chi connectivity index (χ1v) is 13.2. The molecular weight excluding hydrogens is 523 g/mol. The van der Waals surface area contributed by atoms with Crippen molar-refractivity contribution in [1.29, 1.82) is 0 Å². The van der Waals surface area contributed by atoms with Crippen molar-refractivity contribution < 1.29 is 14.2 Å². The van der Waals surface area contributed by atoms with E-state index >= 15 is 0 Å². The van der Waals surface area contributed by atoms with Crippen LogP contribution in [0, 0.1) is 5.82 Å². The second-order valence-corrected chi connectivity index (χ2v) is 10.6. The molecule has 1 saturated heterocycles. The quantitative estimate of drug-likeness (QED) is 0.256. The van der Waals surface area contributed by atoms with Crippen LogP contribution in [0.25, 0.3) is 0 Å². The highest BCUT2D eigenvalue weighted by Crippen LogP contribution is 2.39. The number of nitrogen functional groups attached to an aromatic ring is 1. The van der Waals surface area contributed by atoms with Gasteiger partial charge in [-0.2, -0.15) is 4.98 Å². The fourth-order valence-corrected chi connectivity index (χ4v) is 4.97. The summed E-state index contributed by atoms with van der Waals surface area (Å²) >= 11 is 6.03. The van der Waals surface area contributed by atoms with Crippen molar-refractivity contribution in [2.45, 2.75) is 44.8 Å². The minimum absolute atomic E-state index is 0.0910. The number of halogens is 2. The van der Waals surface area contributed by atoms with Crippen LogP contribution in [-0.4, -0.2) is 65.3 Å². The van der Waals surface area contributed by atoms with Crippen LogP contribution in [-0.2, 0) is 5.60 Å². The second kappa shape index (κ2) is 11.8. The average molecular weight is 559 g/mol. The van der Waals surface area contributed by atoms with E-state index in [1.165, 1.54) is 18.5 Å². The van der Waals surface area contributed by atoms with Crippen LogP contribution in [0.4, 0.5) is 39.0 Å². The molecule has 1 aromatic heterocycles. The lowest BCUT2D eigenvalue weighted by molar-refractivity contribution is 0.0535. The molecule has 12 heteroatoms. The van der Waals surface area contributed by atoms with E-state index in [9.17, 15) is 9.50 Å². The Balaban J connectivity index is 1.60. The summed E-state index contributed by atoms with van der Waals surface area (Å²) in [4.78, 5) is 17.4. The van der Waals surface area contributed by atoms with E-state index < -0.39 is 11.4 Å². The molecule has 5 N–H and O–H groups in total. The topological polar surface area (TPSA) is 125 Å². The zero-order valence-electron chi connectivity index (χ0n) is 22.9. The number of methoxy groups -OCH3 is 1. The van der Waals surface area contributed by atoms with Gasteiger partial charge in [0, 0.05) is 36.4 Å². The summed E-state index contributed by atoms with van der Waals surface area (Å²) in [5.41, 5.74) is 8.08. The van der Waals surface area contributed by atoms with Crippen molar-refractivity contribution >= 4 is 46.2 Å². The Morgan fingerprint density at radius 1 is 1.21 bits per heavy atom. The number of benzene rings is 2. The maximum absolute atomic E-state index is 14.2. The van der Waals surface area contributed by atoms with Crippen LogP contribution in [0.1, 0.15) is 38.7 Å². The minimum Gasteiger partial charge on any atom is -0.494 e. The minimum atomic E-state index is -1.30. The lowest BCUT2D eigenvalue weighted by Crippen LogP contribution is -2.37. The zero-order chi connectivity index (χ0) is 28.3. The number of aromatic nitrogens is 3. The van der Waals surface area contributed by atoms with E-state index in [1.807, 2.05) is 12.1 Å². The van der Waals surface area contributed by atoms with Gasteiger partial charge in [0.1, 0.15) is 17.9 Å². The van der Waals surface area contributed by atoms with Crippen LogP contribution in [0.5, 0.6) is 5.75 Å². The molecule has 39 heavy (non-hydrogen) atoms. The predicted molar refractivity (Wildman–Crippen MR) is 154 cm³/mol. The van der Waals surface area contributed by atoms with E-state index in [0.717, 1.165) is 31.6 Å². The first kappa shape index (κ1) is 28.6. The summed E-state index contributed by atoms with van der Waals surface area (Å²) in [6.07, 6.45) is 3.91. The summed E-state index contributed by atoms with van der Waals surface area (Å²) in [7, 11) is 5.74. The molecule has 0 bridgehead atoms. The molecular formula is C27H36ClFN8O2. The number of nitrogens with one attached hydrogen (secondary N) is 2. The van der Waals surface area contributed by atoms with Crippen LogP contribution in [0.3, 0.4) is 0 Å². The van der Waals surface area contributed by atoms with Crippen LogP contribution in [0.15, 0.2) is 30.6 Å². The number of anilines is 6. The molecule has 2 heterocycles. The normalized spacial score (nSPS) is 16.8. The van der Waals surface area contributed by atoms with E-state index in [2.05, 4.69) is 49.5 Å². The van der Waals surface area contributed by atoms with Gasteiger partial charge in [-0.25, -0.2) is 14.4 Å². The third-order valence-corrected chi connectivity index (χ3v) is 7.29. The number of ether oxygens (including phenoxy) is 1. The molecule has 10 nitrogen and oxygen atoms in total. The predicted octanol–water partition coefficient (Wildman–Crippen LogP) is 4.89. The molecule has 210 valence electrons. The van der Waals surface area contributed by atoms with Crippen molar-refractivity contribution in [3.8, 4) is 5.75 Å². The first-order chi connectivity index (χ1) is 18.5. The van der Waals surface area contributed by atoms with Gasteiger partial charge in [-0.15, -0.1) is 0 Å². The fraction of sp³-hybridized carbons (Fsp3) is 0.444. The first-order valence-electron chi connectivity index (χ1n) is 12.9. The van der Waals surface area contributed by atoms with Gasteiger partial charge in [-0.1, -0.05) is 18.5 Å². The molecule has 1 aliphatic rings. The number of hydrogen-bond donors (Lipinski definition) is 4. The van der Waals surface area contributed by atoms with Gasteiger partial charge in [-0.05, 0) is 58.5 Å². The van der Waals surface area contributed by atoms with Gasteiger partial charge in [0.2, 0.25) is 11.9 Å². The molecule has 0 saturated carbocycles. The molecule has 0 amide bonds. The standard InChI is InChI=1S/C27H36ClFN8O2/c1-6-27(2,38)17-10-19(29)18(28)11-21(17)33-25-31-15-32-26(35-25)34-22-12-20(30)23(13-24(22)39-5)37-9-7-8-16(37)14-36(3)4/h10-13,15-16,38H,6-9,14,30H2,1-5H3,(H2,31,32,33,34,35)/t16-,27?/m0/s1. The van der Waals surface area contributed by atoms with Gasteiger partial charge in [0.05, 0.1) is 34.8 Å². The van der Waals surface area contributed by atoms with Gasteiger partial charge in [0.15, 0.2) is 0 Å². The molecule has 2 atom stereocenters. The Bertz CT molecular complexity index is 1320. The fourth-order valence-electron chi connectivity index (χ4n) is 4.81. The Morgan fingerprint density at radius 3 is 2.54 bits per heavy atom. The van der Waals surface area contributed by atoms with E-state index in [1.54, 1.807) is 21.0 Å². The molecule has 3 aromatic rings. The molecule has 0 radical (unpaired) electrons. The number of rotatable bonds is 10.